The highest BCUT2D eigenvalue weighted by atomic mass is 15.1. The summed E-state index contributed by atoms with van der Waals surface area (Å²) in [7, 11) is 0. The van der Waals surface area contributed by atoms with Gasteiger partial charge in [0.05, 0.1) is 11.0 Å². The van der Waals surface area contributed by atoms with Gasteiger partial charge in [0.15, 0.2) is 0 Å². The van der Waals surface area contributed by atoms with Crippen LogP contribution in [0, 0.1) is 0 Å². The largest absolute Gasteiger partial charge is 0.325 e. The fourth-order valence-electron chi connectivity index (χ4n) is 3.48. The van der Waals surface area contributed by atoms with Gasteiger partial charge >= 0.3 is 0 Å². The first-order chi connectivity index (χ1) is 9.83. The number of aromatic nitrogens is 2. The van der Waals surface area contributed by atoms with Crippen molar-refractivity contribution in [3.05, 3.63) is 30.1 Å². The Bertz CT molecular complexity index is 573. The van der Waals surface area contributed by atoms with E-state index in [4.69, 9.17) is 4.98 Å². The summed E-state index contributed by atoms with van der Waals surface area (Å²) >= 11 is 0. The number of para-hydroxylation sites is 2. The molecule has 1 aromatic carbocycles. The summed E-state index contributed by atoms with van der Waals surface area (Å²) < 4.78 is 2.50. The molecule has 1 aliphatic carbocycles. The SMILES string of the molecule is CCCNC1CCC(n2c(CC)nc3ccccc32)C1. The molecule has 20 heavy (non-hydrogen) atoms. The van der Waals surface area contributed by atoms with Gasteiger partial charge in [-0.05, 0) is 44.4 Å². The van der Waals surface area contributed by atoms with Crippen LogP contribution in [0.25, 0.3) is 11.0 Å². The van der Waals surface area contributed by atoms with E-state index in [0.717, 1.165) is 18.5 Å². The van der Waals surface area contributed by atoms with Gasteiger partial charge in [0.1, 0.15) is 5.82 Å². The zero-order valence-corrected chi connectivity index (χ0v) is 12.6. The van der Waals surface area contributed by atoms with E-state index in [2.05, 4.69) is 48.0 Å². The van der Waals surface area contributed by atoms with Crippen molar-refractivity contribution >= 4 is 11.0 Å². The van der Waals surface area contributed by atoms with Crippen LogP contribution in [0.15, 0.2) is 24.3 Å². The molecule has 1 saturated carbocycles. The molecular weight excluding hydrogens is 246 g/mol. The number of aryl methyl sites for hydroxylation is 1. The first-order valence-corrected chi connectivity index (χ1v) is 8.02. The molecule has 108 valence electrons. The Morgan fingerprint density at radius 3 is 2.90 bits per heavy atom. The minimum atomic E-state index is 0.617. The molecule has 3 heteroatoms. The second-order valence-electron chi connectivity index (χ2n) is 5.86. The number of hydrogen-bond donors (Lipinski definition) is 1. The third-order valence-corrected chi connectivity index (χ3v) is 4.44. The Morgan fingerprint density at radius 2 is 2.10 bits per heavy atom. The molecule has 0 spiro atoms. The Balaban J connectivity index is 1.86. The van der Waals surface area contributed by atoms with E-state index in [1.165, 1.54) is 37.0 Å². The topological polar surface area (TPSA) is 29.9 Å². The highest BCUT2D eigenvalue weighted by Gasteiger charge is 2.27. The average molecular weight is 271 g/mol. The van der Waals surface area contributed by atoms with E-state index in [-0.39, 0.29) is 0 Å². The zero-order chi connectivity index (χ0) is 13.9. The van der Waals surface area contributed by atoms with Crippen LogP contribution in [0.4, 0.5) is 0 Å². The van der Waals surface area contributed by atoms with Gasteiger partial charge in [-0.25, -0.2) is 4.98 Å². The second kappa shape index (κ2) is 5.96. The van der Waals surface area contributed by atoms with Gasteiger partial charge in [-0.15, -0.1) is 0 Å². The van der Waals surface area contributed by atoms with Crippen LogP contribution in [0.5, 0.6) is 0 Å². The van der Waals surface area contributed by atoms with Gasteiger partial charge in [0, 0.05) is 18.5 Å². The van der Waals surface area contributed by atoms with Crippen LogP contribution >= 0.6 is 0 Å². The third-order valence-electron chi connectivity index (χ3n) is 4.44. The van der Waals surface area contributed by atoms with Gasteiger partial charge in [-0.1, -0.05) is 26.0 Å². The standard InChI is InChI=1S/C17H25N3/c1-3-11-18-13-9-10-14(12-13)20-16-8-6-5-7-15(16)19-17(20)4-2/h5-8,13-14,18H,3-4,9-12H2,1-2H3. The first kappa shape index (κ1) is 13.6. The van der Waals surface area contributed by atoms with Gasteiger partial charge in [-0.2, -0.15) is 0 Å². The summed E-state index contributed by atoms with van der Waals surface area (Å²) in [5.41, 5.74) is 2.46. The molecule has 2 atom stereocenters. The van der Waals surface area contributed by atoms with Gasteiger partial charge < -0.3 is 9.88 Å². The smallest absolute Gasteiger partial charge is 0.109 e. The normalized spacial score (nSPS) is 22.7. The summed E-state index contributed by atoms with van der Waals surface area (Å²) in [5, 5.41) is 3.67. The van der Waals surface area contributed by atoms with Crippen molar-refractivity contribution in [2.24, 2.45) is 0 Å². The van der Waals surface area contributed by atoms with Crippen molar-refractivity contribution < 1.29 is 0 Å². The molecule has 0 aliphatic heterocycles. The zero-order valence-electron chi connectivity index (χ0n) is 12.6. The van der Waals surface area contributed by atoms with Crippen molar-refractivity contribution in [3.8, 4) is 0 Å². The van der Waals surface area contributed by atoms with Crippen LogP contribution in [0.2, 0.25) is 0 Å². The number of imidazole rings is 1. The number of fused-ring (bicyclic) bond motifs is 1. The monoisotopic (exact) mass is 271 g/mol. The van der Waals surface area contributed by atoms with Crippen LogP contribution in [-0.4, -0.2) is 22.1 Å². The molecule has 2 aromatic rings. The molecular formula is C17H25N3. The molecule has 1 heterocycles. The van der Waals surface area contributed by atoms with E-state index in [0.29, 0.717) is 12.1 Å². The molecule has 1 fully saturated rings. The Kier molecular flexibility index (Phi) is 4.06. The predicted molar refractivity (Wildman–Crippen MR) is 84.1 cm³/mol. The Morgan fingerprint density at radius 1 is 1.25 bits per heavy atom. The summed E-state index contributed by atoms with van der Waals surface area (Å²) in [4.78, 5) is 4.81. The van der Waals surface area contributed by atoms with Crippen LogP contribution < -0.4 is 5.32 Å². The fourth-order valence-corrected chi connectivity index (χ4v) is 3.48. The average Bonchev–Trinajstić information content (AvgIpc) is 3.08. The summed E-state index contributed by atoms with van der Waals surface area (Å²) in [6.07, 6.45) is 6.04. The molecule has 3 nitrogen and oxygen atoms in total. The third kappa shape index (κ3) is 2.47. The molecule has 1 aliphatic rings. The van der Waals surface area contributed by atoms with E-state index in [1.807, 2.05) is 0 Å². The number of nitrogens with one attached hydrogen (secondary N) is 1. The molecule has 0 saturated heterocycles. The summed E-state index contributed by atoms with van der Waals surface area (Å²) in [6, 6.07) is 9.86. The van der Waals surface area contributed by atoms with E-state index < -0.39 is 0 Å². The number of nitrogens with zero attached hydrogens (tertiary/aromatic N) is 2. The molecule has 1 N–H and O–H groups in total. The van der Waals surface area contributed by atoms with Crippen molar-refractivity contribution in [2.45, 2.75) is 58.0 Å². The number of benzene rings is 1. The molecule has 0 radical (unpaired) electrons. The van der Waals surface area contributed by atoms with Crippen LogP contribution in [0.3, 0.4) is 0 Å². The van der Waals surface area contributed by atoms with Crippen molar-refractivity contribution in [1.82, 2.24) is 14.9 Å². The van der Waals surface area contributed by atoms with Crippen molar-refractivity contribution in [3.63, 3.8) is 0 Å². The molecule has 3 rings (SSSR count). The van der Waals surface area contributed by atoms with Gasteiger partial charge in [0.2, 0.25) is 0 Å². The lowest BCUT2D eigenvalue weighted by atomic mass is 10.2. The van der Waals surface area contributed by atoms with Crippen LogP contribution in [-0.2, 0) is 6.42 Å². The van der Waals surface area contributed by atoms with E-state index in [9.17, 15) is 0 Å². The Labute approximate surface area is 121 Å². The molecule has 2 unspecified atom stereocenters. The summed E-state index contributed by atoms with van der Waals surface area (Å²) in [6.45, 7) is 5.58. The highest BCUT2D eigenvalue weighted by molar-refractivity contribution is 5.76. The first-order valence-electron chi connectivity index (χ1n) is 8.02. The van der Waals surface area contributed by atoms with Crippen molar-refractivity contribution in [2.75, 3.05) is 6.54 Å². The Hall–Kier alpha value is -1.35. The van der Waals surface area contributed by atoms with Gasteiger partial charge in [0.25, 0.3) is 0 Å². The lowest BCUT2D eigenvalue weighted by Gasteiger charge is -2.17. The van der Waals surface area contributed by atoms with E-state index in [1.54, 1.807) is 0 Å². The second-order valence-corrected chi connectivity index (χ2v) is 5.86. The highest BCUT2D eigenvalue weighted by Crippen LogP contribution is 2.34. The van der Waals surface area contributed by atoms with Crippen LogP contribution in [0.1, 0.15) is 51.4 Å². The minimum Gasteiger partial charge on any atom is -0.325 e. The lowest BCUT2D eigenvalue weighted by molar-refractivity contribution is 0.471. The van der Waals surface area contributed by atoms with Crippen molar-refractivity contribution in [1.29, 1.82) is 0 Å². The number of hydrogen-bond acceptors (Lipinski definition) is 2. The minimum absolute atomic E-state index is 0.617. The fraction of sp³-hybridized carbons (Fsp3) is 0.588. The van der Waals surface area contributed by atoms with E-state index >= 15 is 0 Å². The number of rotatable bonds is 5. The lowest BCUT2D eigenvalue weighted by Crippen LogP contribution is -2.27. The van der Waals surface area contributed by atoms with Gasteiger partial charge in [-0.3, -0.25) is 0 Å². The predicted octanol–water partition coefficient (Wildman–Crippen LogP) is 3.69. The maximum absolute atomic E-state index is 4.81. The molecule has 1 aromatic heterocycles. The summed E-state index contributed by atoms with van der Waals surface area (Å²) in [5.74, 6) is 1.24. The maximum atomic E-state index is 4.81. The quantitative estimate of drug-likeness (QED) is 0.898. The molecule has 0 bridgehead atoms. The molecule has 0 amide bonds. The maximum Gasteiger partial charge on any atom is 0.109 e.